The third-order valence-corrected chi connectivity index (χ3v) is 4.74. The van der Waals surface area contributed by atoms with Crippen molar-refractivity contribution in [3.8, 4) is 0 Å². The number of carbonyl (C=O) groups excluding carboxylic acids is 1. The Bertz CT molecular complexity index is 709. The number of hydrogen-bond acceptors (Lipinski definition) is 4. The molecular formula is C15H15NO4S. The monoisotopic (exact) mass is 305 g/mol. The maximum atomic E-state index is 12.7. The largest absolute Gasteiger partial charge is 0.480 e. The summed E-state index contributed by atoms with van der Waals surface area (Å²) < 4.78 is 5.65. The number of nitrogens with zero attached hydrogens (tertiary/aromatic N) is 1. The fourth-order valence-electron chi connectivity index (χ4n) is 2.56. The molecule has 3 rings (SSSR count). The normalized spacial score (nSPS) is 18.9. The predicted octanol–water partition coefficient (Wildman–Crippen LogP) is 2.38. The number of carboxylic acids is 1. The van der Waals surface area contributed by atoms with Crippen LogP contribution in [0.2, 0.25) is 0 Å². The van der Waals surface area contributed by atoms with Gasteiger partial charge in [0.25, 0.3) is 5.91 Å². The standard InChI is InChI=1S/C15H15NO4S/c1-9-10-4-2-3-5-12(10)20-13(9)14(17)16-6-7-21-8-11(16)15(18)19/h2-5,11H,6-8H2,1H3,(H,18,19). The second-order valence-corrected chi connectivity index (χ2v) is 6.13. The van der Waals surface area contributed by atoms with Crippen molar-refractivity contribution in [3.05, 3.63) is 35.6 Å². The second-order valence-electron chi connectivity index (χ2n) is 4.98. The van der Waals surface area contributed by atoms with Crippen LogP contribution in [0.4, 0.5) is 0 Å². The first-order valence-corrected chi connectivity index (χ1v) is 7.84. The maximum absolute atomic E-state index is 12.7. The van der Waals surface area contributed by atoms with E-state index in [0.29, 0.717) is 17.9 Å². The summed E-state index contributed by atoms with van der Waals surface area (Å²) in [7, 11) is 0. The highest BCUT2D eigenvalue weighted by Gasteiger charge is 2.35. The number of aliphatic carboxylic acids is 1. The molecule has 0 spiro atoms. The minimum absolute atomic E-state index is 0.245. The number of para-hydroxylation sites is 1. The zero-order chi connectivity index (χ0) is 15.0. The summed E-state index contributed by atoms with van der Waals surface area (Å²) in [6, 6.07) is 6.64. The molecule has 0 aliphatic carbocycles. The van der Waals surface area contributed by atoms with Gasteiger partial charge in [-0.1, -0.05) is 18.2 Å². The van der Waals surface area contributed by atoms with E-state index >= 15 is 0 Å². The third kappa shape index (κ3) is 2.40. The second kappa shape index (κ2) is 5.44. The Morgan fingerprint density at radius 3 is 2.86 bits per heavy atom. The molecule has 1 atom stereocenters. The highest BCUT2D eigenvalue weighted by molar-refractivity contribution is 7.99. The summed E-state index contributed by atoms with van der Waals surface area (Å²) in [6.07, 6.45) is 0. The lowest BCUT2D eigenvalue weighted by molar-refractivity contribution is -0.141. The van der Waals surface area contributed by atoms with Crippen molar-refractivity contribution in [3.63, 3.8) is 0 Å². The van der Waals surface area contributed by atoms with Crippen molar-refractivity contribution in [2.45, 2.75) is 13.0 Å². The summed E-state index contributed by atoms with van der Waals surface area (Å²) in [5, 5.41) is 10.2. The number of furan rings is 1. The van der Waals surface area contributed by atoms with E-state index in [1.165, 1.54) is 4.90 Å². The molecule has 1 saturated heterocycles. The smallest absolute Gasteiger partial charge is 0.327 e. The highest BCUT2D eigenvalue weighted by atomic mass is 32.2. The highest BCUT2D eigenvalue weighted by Crippen LogP contribution is 2.28. The van der Waals surface area contributed by atoms with Crippen molar-refractivity contribution >= 4 is 34.6 Å². The lowest BCUT2D eigenvalue weighted by Gasteiger charge is -2.32. The average Bonchev–Trinajstić information content (AvgIpc) is 2.84. The molecule has 0 saturated carbocycles. The molecule has 2 aromatic rings. The molecule has 6 heteroatoms. The molecule has 21 heavy (non-hydrogen) atoms. The number of rotatable bonds is 2. The van der Waals surface area contributed by atoms with E-state index in [4.69, 9.17) is 4.42 Å². The molecule has 1 aromatic carbocycles. The third-order valence-electron chi connectivity index (χ3n) is 3.71. The molecule has 0 bridgehead atoms. The minimum Gasteiger partial charge on any atom is -0.480 e. The van der Waals surface area contributed by atoms with E-state index < -0.39 is 12.0 Å². The van der Waals surface area contributed by atoms with Crippen LogP contribution in [0, 0.1) is 6.92 Å². The number of carbonyl (C=O) groups is 2. The molecule has 110 valence electrons. The van der Waals surface area contributed by atoms with Crippen LogP contribution in [0.15, 0.2) is 28.7 Å². The molecule has 1 aliphatic rings. The van der Waals surface area contributed by atoms with Gasteiger partial charge in [-0.2, -0.15) is 11.8 Å². The number of benzene rings is 1. The number of thioether (sulfide) groups is 1. The zero-order valence-electron chi connectivity index (χ0n) is 11.5. The Hall–Kier alpha value is -1.95. The van der Waals surface area contributed by atoms with Gasteiger partial charge in [-0.15, -0.1) is 0 Å². The van der Waals surface area contributed by atoms with Crippen molar-refractivity contribution in [2.75, 3.05) is 18.1 Å². The average molecular weight is 305 g/mol. The van der Waals surface area contributed by atoms with E-state index in [2.05, 4.69) is 0 Å². The Kier molecular flexibility index (Phi) is 3.63. The van der Waals surface area contributed by atoms with Crippen LogP contribution >= 0.6 is 11.8 Å². The molecule has 5 nitrogen and oxygen atoms in total. The van der Waals surface area contributed by atoms with Crippen molar-refractivity contribution in [1.82, 2.24) is 4.90 Å². The van der Waals surface area contributed by atoms with E-state index in [1.807, 2.05) is 25.1 Å². The number of carboxylic acid groups (broad SMARTS) is 1. The van der Waals surface area contributed by atoms with Gasteiger partial charge in [0.05, 0.1) is 0 Å². The number of aryl methyl sites for hydroxylation is 1. The van der Waals surface area contributed by atoms with Crippen LogP contribution in [-0.2, 0) is 4.79 Å². The SMILES string of the molecule is Cc1c(C(=O)N2CCSCC2C(=O)O)oc2ccccc12. The van der Waals surface area contributed by atoms with Crippen LogP contribution in [0.5, 0.6) is 0 Å². The first-order chi connectivity index (χ1) is 10.1. The van der Waals surface area contributed by atoms with Crippen LogP contribution in [-0.4, -0.2) is 46.0 Å². The lowest BCUT2D eigenvalue weighted by Crippen LogP contribution is -2.50. The number of hydrogen-bond donors (Lipinski definition) is 1. The Balaban J connectivity index is 1.99. The Morgan fingerprint density at radius 1 is 1.38 bits per heavy atom. The van der Waals surface area contributed by atoms with Crippen LogP contribution in [0.1, 0.15) is 16.1 Å². The molecule has 1 aliphatic heterocycles. The zero-order valence-corrected chi connectivity index (χ0v) is 12.4. The molecule has 1 unspecified atom stereocenters. The lowest BCUT2D eigenvalue weighted by atomic mass is 10.1. The van der Waals surface area contributed by atoms with Gasteiger partial charge in [0, 0.05) is 29.0 Å². The topological polar surface area (TPSA) is 70.8 Å². The van der Waals surface area contributed by atoms with Gasteiger partial charge in [0.15, 0.2) is 5.76 Å². The van der Waals surface area contributed by atoms with Crippen LogP contribution in [0.25, 0.3) is 11.0 Å². The number of fused-ring (bicyclic) bond motifs is 1. The van der Waals surface area contributed by atoms with Crippen molar-refractivity contribution < 1.29 is 19.1 Å². The van der Waals surface area contributed by atoms with Gasteiger partial charge in [0.1, 0.15) is 11.6 Å². The summed E-state index contributed by atoms with van der Waals surface area (Å²) in [5.74, 6) is 0.102. The van der Waals surface area contributed by atoms with Gasteiger partial charge in [-0.25, -0.2) is 4.79 Å². The van der Waals surface area contributed by atoms with Crippen LogP contribution in [0.3, 0.4) is 0 Å². The first kappa shape index (κ1) is 14.0. The molecule has 1 aromatic heterocycles. The quantitative estimate of drug-likeness (QED) is 0.922. The summed E-state index contributed by atoms with van der Waals surface area (Å²) >= 11 is 1.55. The van der Waals surface area contributed by atoms with E-state index in [9.17, 15) is 14.7 Å². The van der Waals surface area contributed by atoms with Crippen molar-refractivity contribution in [1.29, 1.82) is 0 Å². The summed E-state index contributed by atoms with van der Waals surface area (Å²) in [6.45, 7) is 2.25. The van der Waals surface area contributed by atoms with Gasteiger partial charge >= 0.3 is 5.97 Å². The maximum Gasteiger partial charge on any atom is 0.327 e. The van der Waals surface area contributed by atoms with E-state index in [1.54, 1.807) is 17.8 Å². The fraction of sp³-hybridized carbons (Fsp3) is 0.333. The molecular weight excluding hydrogens is 290 g/mol. The number of amides is 1. The Morgan fingerprint density at radius 2 is 2.14 bits per heavy atom. The van der Waals surface area contributed by atoms with Gasteiger partial charge in [-0.05, 0) is 13.0 Å². The minimum atomic E-state index is -0.968. The molecule has 0 radical (unpaired) electrons. The molecule has 2 heterocycles. The van der Waals surface area contributed by atoms with Crippen molar-refractivity contribution in [2.24, 2.45) is 0 Å². The van der Waals surface area contributed by atoms with E-state index in [-0.39, 0.29) is 11.7 Å². The first-order valence-electron chi connectivity index (χ1n) is 6.69. The molecule has 1 fully saturated rings. The van der Waals surface area contributed by atoms with Gasteiger partial charge in [0.2, 0.25) is 0 Å². The molecule has 1 amide bonds. The van der Waals surface area contributed by atoms with Gasteiger partial charge in [-0.3, -0.25) is 4.79 Å². The van der Waals surface area contributed by atoms with Gasteiger partial charge < -0.3 is 14.4 Å². The summed E-state index contributed by atoms with van der Waals surface area (Å²) in [4.78, 5) is 25.4. The van der Waals surface area contributed by atoms with E-state index in [0.717, 1.165) is 16.7 Å². The molecule has 1 N–H and O–H groups in total. The summed E-state index contributed by atoms with van der Waals surface area (Å²) in [5.41, 5.74) is 1.41. The Labute approximate surface area is 125 Å². The predicted molar refractivity (Wildman–Crippen MR) is 80.7 cm³/mol. The fourth-order valence-corrected chi connectivity index (χ4v) is 3.60. The van der Waals surface area contributed by atoms with Crippen LogP contribution < -0.4 is 0 Å².